The van der Waals surface area contributed by atoms with Crippen LogP contribution in [0.2, 0.25) is 0 Å². The van der Waals surface area contributed by atoms with E-state index in [9.17, 15) is 9.59 Å². The van der Waals surface area contributed by atoms with Gasteiger partial charge in [0.1, 0.15) is 0 Å². The molecule has 0 aliphatic carbocycles. The molecular formula is C15H15N3O3S. The smallest absolute Gasteiger partial charge is 0.408 e. The summed E-state index contributed by atoms with van der Waals surface area (Å²) in [7, 11) is 0. The minimum absolute atomic E-state index is 0.102. The zero-order valence-electron chi connectivity index (χ0n) is 12.0. The molecule has 7 heteroatoms. The molecule has 6 nitrogen and oxygen atoms in total. The van der Waals surface area contributed by atoms with E-state index in [2.05, 4.69) is 10.3 Å². The quantitative estimate of drug-likeness (QED) is 0.785. The number of aryl methyl sites for hydroxylation is 2. The number of hydrogen-bond donors (Lipinski definition) is 1. The second-order valence-electron chi connectivity index (χ2n) is 4.93. The topological polar surface area (TPSA) is 77.1 Å². The molecule has 114 valence electrons. The number of carbonyl (C=O) groups excluding carboxylic acids is 1. The van der Waals surface area contributed by atoms with Crippen LogP contribution in [0.3, 0.4) is 0 Å². The average molecular weight is 317 g/mol. The standard InChI is InChI=1S/C15H15N3O3S/c1-10-9-22-14(16-10)17-13(19)7-4-8-18-11-5-2-3-6-12(11)21-15(18)20/h2-3,5-6,9H,4,7-8H2,1H3,(H,16,17,19). The molecule has 0 saturated carbocycles. The van der Waals surface area contributed by atoms with Gasteiger partial charge in [0.2, 0.25) is 5.91 Å². The van der Waals surface area contributed by atoms with E-state index in [1.54, 1.807) is 10.6 Å². The summed E-state index contributed by atoms with van der Waals surface area (Å²) in [5, 5.41) is 5.24. The van der Waals surface area contributed by atoms with Gasteiger partial charge >= 0.3 is 5.76 Å². The van der Waals surface area contributed by atoms with E-state index in [-0.39, 0.29) is 5.91 Å². The maximum absolute atomic E-state index is 11.8. The molecule has 0 spiro atoms. The van der Waals surface area contributed by atoms with E-state index >= 15 is 0 Å². The number of para-hydroxylation sites is 2. The molecule has 1 N–H and O–H groups in total. The molecule has 0 fully saturated rings. The molecule has 0 aliphatic rings. The predicted molar refractivity (Wildman–Crippen MR) is 85.2 cm³/mol. The van der Waals surface area contributed by atoms with Crippen molar-refractivity contribution in [1.82, 2.24) is 9.55 Å². The average Bonchev–Trinajstić information content (AvgIpc) is 3.03. The van der Waals surface area contributed by atoms with Crippen LogP contribution < -0.4 is 11.1 Å². The van der Waals surface area contributed by atoms with E-state index in [4.69, 9.17) is 4.42 Å². The highest BCUT2D eigenvalue weighted by Crippen LogP contribution is 2.15. The maximum atomic E-state index is 11.8. The first-order valence-corrected chi connectivity index (χ1v) is 7.82. The lowest BCUT2D eigenvalue weighted by Crippen LogP contribution is -2.17. The first-order valence-electron chi connectivity index (χ1n) is 6.94. The lowest BCUT2D eigenvalue weighted by atomic mass is 10.3. The van der Waals surface area contributed by atoms with Gasteiger partial charge in [-0.3, -0.25) is 9.36 Å². The second kappa shape index (κ2) is 6.15. The Hall–Kier alpha value is -2.41. The molecule has 22 heavy (non-hydrogen) atoms. The van der Waals surface area contributed by atoms with Crippen LogP contribution in [0.1, 0.15) is 18.5 Å². The van der Waals surface area contributed by atoms with Crippen LogP contribution in [0.4, 0.5) is 5.13 Å². The number of oxazole rings is 1. The fourth-order valence-electron chi connectivity index (χ4n) is 2.22. The van der Waals surface area contributed by atoms with Gasteiger partial charge in [-0.15, -0.1) is 11.3 Å². The van der Waals surface area contributed by atoms with Crippen LogP contribution in [0, 0.1) is 6.92 Å². The van der Waals surface area contributed by atoms with Crippen LogP contribution in [-0.4, -0.2) is 15.5 Å². The molecule has 0 saturated heterocycles. The minimum atomic E-state index is -0.392. The van der Waals surface area contributed by atoms with E-state index in [1.807, 2.05) is 30.5 Å². The highest BCUT2D eigenvalue weighted by molar-refractivity contribution is 7.13. The SMILES string of the molecule is Cc1csc(NC(=O)CCCn2c(=O)oc3ccccc32)n1. The summed E-state index contributed by atoms with van der Waals surface area (Å²) in [5.74, 6) is -0.493. The number of aromatic nitrogens is 2. The van der Waals surface area contributed by atoms with Crippen LogP contribution in [0.5, 0.6) is 0 Å². The third-order valence-electron chi connectivity index (χ3n) is 3.22. The predicted octanol–water partition coefficient (Wildman–Crippen LogP) is 2.78. The third-order valence-corrected chi connectivity index (χ3v) is 4.10. The van der Waals surface area contributed by atoms with Gasteiger partial charge < -0.3 is 9.73 Å². The van der Waals surface area contributed by atoms with E-state index in [1.165, 1.54) is 11.3 Å². The van der Waals surface area contributed by atoms with Crippen molar-refractivity contribution in [3.05, 3.63) is 45.9 Å². The molecule has 1 aromatic carbocycles. The monoisotopic (exact) mass is 317 g/mol. The Morgan fingerprint density at radius 3 is 3.00 bits per heavy atom. The number of thiazole rings is 1. The number of rotatable bonds is 5. The fraction of sp³-hybridized carbons (Fsp3) is 0.267. The van der Waals surface area contributed by atoms with E-state index in [0.717, 1.165) is 11.2 Å². The molecule has 3 rings (SSSR count). The maximum Gasteiger partial charge on any atom is 0.419 e. The first-order chi connectivity index (χ1) is 10.6. The molecule has 0 unspecified atom stereocenters. The van der Waals surface area contributed by atoms with Gasteiger partial charge in [-0.05, 0) is 25.5 Å². The van der Waals surface area contributed by atoms with Crippen molar-refractivity contribution < 1.29 is 9.21 Å². The van der Waals surface area contributed by atoms with Crippen molar-refractivity contribution in [2.24, 2.45) is 0 Å². The van der Waals surface area contributed by atoms with Crippen molar-refractivity contribution in [1.29, 1.82) is 0 Å². The summed E-state index contributed by atoms with van der Waals surface area (Å²) in [5.41, 5.74) is 2.20. The number of benzene rings is 1. The lowest BCUT2D eigenvalue weighted by Gasteiger charge is -2.03. The molecule has 0 atom stereocenters. The summed E-state index contributed by atoms with van der Waals surface area (Å²) in [6.07, 6.45) is 0.879. The third kappa shape index (κ3) is 3.09. The Morgan fingerprint density at radius 1 is 1.41 bits per heavy atom. The summed E-state index contributed by atoms with van der Waals surface area (Å²) < 4.78 is 6.71. The normalized spacial score (nSPS) is 11.0. The number of nitrogens with zero attached hydrogens (tertiary/aromatic N) is 2. The lowest BCUT2D eigenvalue weighted by molar-refractivity contribution is -0.116. The van der Waals surface area contributed by atoms with Crippen LogP contribution >= 0.6 is 11.3 Å². The van der Waals surface area contributed by atoms with Crippen LogP contribution in [0.25, 0.3) is 11.1 Å². The zero-order chi connectivity index (χ0) is 15.5. The van der Waals surface area contributed by atoms with Crippen molar-refractivity contribution in [2.75, 3.05) is 5.32 Å². The Kier molecular flexibility index (Phi) is 4.06. The Labute approximate surface area is 130 Å². The Bertz CT molecular complexity index is 862. The summed E-state index contributed by atoms with van der Waals surface area (Å²) in [6, 6.07) is 7.26. The van der Waals surface area contributed by atoms with Gasteiger partial charge in [0.25, 0.3) is 0 Å². The van der Waals surface area contributed by atoms with Crippen LogP contribution in [-0.2, 0) is 11.3 Å². The summed E-state index contributed by atoms with van der Waals surface area (Å²) >= 11 is 1.40. The molecule has 2 heterocycles. The van der Waals surface area contributed by atoms with Gasteiger partial charge in [-0.1, -0.05) is 12.1 Å². The number of fused-ring (bicyclic) bond motifs is 1. The van der Waals surface area contributed by atoms with Gasteiger partial charge in [0.15, 0.2) is 10.7 Å². The fourth-order valence-corrected chi connectivity index (χ4v) is 2.92. The van der Waals surface area contributed by atoms with Gasteiger partial charge in [0.05, 0.1) is 11.2 Å². The van der Waals surface area contributed by atoms with Gasteiger partial charge in [0, 0.05) is 18.3 Å². The molecular weight excluding hydrogens is 302 g/mol. The van der Waals surface area contributed by atoms with Crippen molar-refractivity contribution in [3.63, 3.8) is 0 Å². The number of hydrogen-bond acceptors (Lipinski definition) is 5. The summed E-state index contributed by atoms with van der Waals surface area (Å²) in [4.78, 5) is 27.8. The molecule has 0 radical (unpaired) electrons. The molecule has 0 bridgehead atoms. The number of amides is 1. The zero-order valence-corrected chi connectivity index (χ0v) is 12.9. The van der Waals surface area contributed by atoms with Crippen molar-refractivity contribution >= 4 is 33.5 Å². The van der Waals surface area contributed by atoms with Gasteiger partial charge in [-0.25, -0.2) is 9.78 Å². The summed E-state index contributed by atoms with van der Waals surface area (Å²) in [6.45, 7) is 2.32. The highest BCUT2D eigenvalue weighted by atomic mass is 32.1. The number of carbonyl (C=O) groups is 1. The van der Waals surface area contributed by atoms with Crippen molar-refractivity contribution in [2.45, 2.75) is 26.3 Å². The molecule has 1 amide bonds. The molecule has 3 aromatic rings. The highest BCUT2D eigenvalue weighted by Gasteiger charge is 2.10. The Morgan fingerprint density at radius 2 is 2.23 bits per heavy atom. The van der Waals surface area contributed by atoms with Gasteiger partial charge in [-0.2, -0.15) is 0 Å². The number of anilines is 1. The van der Waals surface area contributed by atoms with Crippen LogP contribution in [0.15, 0.2) is 38.9 Å². The first kappa shape index (κ1) is 14.5. The molecule has 0 aliphatic heterocycles. The second-order valence-corrected chi connectivity index (χ2v) is 5.79. The molecule has 2 aromatic heterocycles. The largest absolute Gasteiger partial charge is 0.419 e. The Balaban J connectivity index is 1.59. The van der Waals surface area contributed by atoms with E-state index < -0.39 is 5.76 Å². The minimum Gasteiger partial charge on any atom is -0.408 e. The van der Waals surface area contributed by atoms with E-state index in [0.29, 0.717) is 30.1 Å². The number of nitrogens with one attached hydrogen (secondary N) is 1. The van der Waals surface area contributed by atoms with Crippen molar-refractivity contribution in [3.8, 4) is 0 Å².